The lowest BCUT2D eigenvalue weighted by molar-refractivity contribution is -0.154. The number of amides is 1. The first-order valence-electron chi connectivity index (χ1n) is 7.64. The van der Waals surface area contributed by atoms with E-state index in [0.29, 0.717) is 18.9 Å². The molecule has 3 atom stereocenters. The molecule has 0 aromatic heterocycles. The summed E-state index contributed by atoms with van der Waals surface area (Å²) < 4.78 is 10.7. The van der Waals surface area contributed by atoms with Crippen LogP contribution in [0.5, 0.6) is 0 Å². The van der Waals surface area contributed by atoms with Crippen molar-refractivity contribution in [1.29, 1.82) is 0 Å². The van der Waals surface area contributed by atoms with Gasteiger partial charge in [0.2, 0.25) is 0 Å². The van der Waals surface area contributed by atoms with Crippen LogP contribution in [0.15, 0.2) is 0 Å². The normalized spacial score (nSPS) is 34.3. The molecule has 3 unspecified atom stereocenters. The molecule has 0 spiro atoms. The summed E-state index contributed by atoms with van der Waals surface area (Å²) in [5.74, 6) is -1.02. The van der Waals surface area contributed by atoms with Gasteiger partial charge in [-0.25, -0.2) is 4.79 Å². The number of likely N-dealkylation sites (tertiary alicyclic amines) is 1. The average Bonchev–Trinajstić information content (AvgIpc) is 3.17. The maximum Gasteiger partial charge on any atom is 0.332 e. The van der Waals surface area contributed by atoms with E-state index in [1.807, 2.05) is 4.90 Å². The zero-order valence-corrected chi connectivity index (χ0v) is 12.1. The molecular formula is C14H22N2O5. The number of nitrogens with zero attached hydrogens (tertiary/aromatic N) is 2. The summed E-state index contributed by atoms with van der Waals surface area (Å²) in [7, 11) is 0. The predicted octanol–water partition coefficient (Wildman–Crippen LogP) is -0.448. The number of rotatable bonds is 3. The van der Waals surface area contributed by atoms with Crippen LogP contribution in [0.1, 0.15) is 19.3 Å². The standard InChI is InChI=1S/C14H22N2O5/c17-13(11-1-2-12(21-11)14(18)19)16-4-3-10(9-16)15-5-7-20-8-6-15/h10-12H,1-9H2,(H,18,19). The van der Waals surface area contributed by atoms with E-state index in [2.05, 4.69) is 4.90 Å². The molecule has 3 heterocycles. The fraction of sp³-hybridized carbons (Fsp3) is 0.857. The van der Waals surface area contributed by atoms with Gasteiger partial charge in [0.05, 0.1) is 13.2 Å². The highest BCUT2D eigenvalue weighted by Crippen LogP contribution is 2.24. The van der Waals surface area contributed by atoms with E-state index >= 15 is 0 Å². The minimum Gasteiger partial charge on any atom is -0.479 e. The number of hydrogen-bond donors (Lipinski definition) is 1. The molecule has 3 fully saturated rings. The van der Waals surface area contributed by atoms with Gasteiger partial charge in [0.25, 0.3) is 5.91 Å². The molecular weight excluding hydrogens is 276 g/mol. The first-order valence-corrected chi connectivity index (χ1v) is 7.64. The van der Waals surface area contributed by atoms with Gasteiger partial charge >= 0.3 is 5.97 Å². The molecule has 0 aliphatic carbocycles. The summed E-state index contributed by atoms with van der Waals surface area (Å²) in [6.07, 6.45) is 0.507. The highest BCUT2D eigenvalue weighted by molar-refractivity contribution is 5.83. The molecule has 3 rings (SSSR count). The van der Waals surface area contributed by atoms with Gasteiger partial charge in [0, 0.05) is 32.2 Å². The molecule has 0 aromatic rings. The number of carboxylic acids is 1. The Labute approximate surface area is 123 Å². The SMILES string of the molecule is O=C(O)C1CCC(C(=O)N2CCC(N3CCOCC3)C2)O1. The summed E-state index contributed by atoms with van der Waals surface area (Å²) in [6.45, 7) is 4.82. The zero-order chi connectivity index (χ0) is 14.8. The van der Waals surface area contributed by atoms with Gasteiger partial charge in [-0.3, -0.25) is 9.69 Å². The van der Waals surface area contributed by atoms with Crippen LogP contribution in [-0.4, -0.2) is 84.4 Å². The topological polar surface area (TPSA) is 79.3 Å². The molecule has 3 saturated heterocycles. The lowest BCUT2D eigenvalue weighted by atomic mass is 10.2. The van der Waals surface area contributed by atoms with Gasteiger partial charge in [-0.05, 0) is 19.3 Å². The lowest BCUT2D eigenvalue weighted by Gasteiger charge is -2.32. The van der Waals surface area contributed by atoms with Crippen LogP contribution in [0.3, 0.4) is 0 Å². The molecule has 0 bridgehead atoms. The monoisotopic (exact) mass is 298 g/mol. The second kappa shape index (κ2) is 6.29. The lowest BCUT2D eigenvalue weighted by Crippen LogP contribution is -2.46. The van der Waals surface area contributed by atoms with Crippen LogP contribution in [0.25, 0.3) is 0 Å². The quantitative estimate of drug-likeness (QED) is 0.760. The number of carbonyl (C=O) groups is 2. The Hall–Kier alpha value is -1.18. The molecule has 3 aliphatic rings. The molecule has 0 saturated carbocycles. The Morgan fingerprint density at radius 3 is 2.38 bits per heavy atom. The molecule has 7 heteroatoms. The Morgan fingerprint density at radius 1 is 1.00 bits per heavy atom. The largest absolute Gasteiger partial charge is 0.479 e. The van der Waals surface area contributed by atoms with Crippen LogP contribution in [-0.2, 0) is 19.1 Å². The Bertz CT molecular complexity index is 410. The summed E-state index contributed by atoms with van der Waals surface area (Å²) in [5, 5.41) is 8.92. The Balaban J connectivity index is 1.51. The third kappa shape index (κ3) is 3.20. The summed E-state index contributed by atoms with van der Waals surface area (Å²) in [4.78, 5) is 27.5. The molecule has 0 aromatic carbocycles. The summed E-state index contributed by atoms with van der Waals surface area (Å²) in [6, 6.07) is 0.398. The molecule has 0 radical (unpaired) electrons. The van der Waals surface area contributed by atoms with Crippen molar-refractivity contribution >= 4 is 11.9 Å². The van der Waals surface area contributed by atoms with Gasteiger partial charge < -0.3 is 19.5 Å². The van der Waals surface area contributed by atoms with Crippen molar-refractivity contribution in [3.8, 4) is 0 Å². The van der Waals surface area contributed by atoms with E-state index in [1.54, 1.807) is 0 Å². The van der Waals surface area contributed by atoms with Gasteiger partial charge in [-0.1, -0.05) is 0 Å². The summed E-state index contributed by atoms with van der Waals surface area (Å²) in [5.41, 5.74) is 0. The first kappa shape index (κ1) is 14.7. The fourth-order valence-corrected chi connectivity index (χ4v) is 3.39. The van der Waals surface area contributed by atoms with Crippen molar-refractivity contribution in [3.05, 3.63) is 0 Å². The predicted molar refractivity (Wildman–Crippen MR) is 72.9 cm³/mol. The van der Waals surface area contributed by atoms with Crippen LogP contribution in [0.2, 0.25) is 0 Å². The van der Waals surface area contributed by atoms with Gasteiger partial charge in [-0.15, -0.1) is 0 Å². The van der Waals surface area contributed by atoms with E-state index < -0.39 is 18.2 Å². The number of morpholine rings is 1. The van der Waals surface area contributed by atoms with Crippen LogP contribution < -0.4 is 0 Å². The van der Waals surface area contributed by atoms with Crippen molar-refractivity contribution in [1.82, 2.24) is 9.80 Å². The second-order valence-electron chi connectivity index (χ2n) is 5.90. The molecule has 1 amide bonds. The second-order valence-corrected chi connectivity index (χ2v) is 5.90. The van der Waals surface area contributed by atoms with Crippen molar-refractivity contribution in [2.24, 2.45) is 0 Å². The van der Waals surface area contributed by atoms with Crippen molar-refractivity contribution in [3.63, 3.8) is 0 Å². The maximum absolute atomic E-state index is 12.4. The third-order valence-corrected chi connectivity index (χ3v) is 4.61. The molecule has 21 heavy (non-hydrogen) atoms. The van der Waals surface area contributed by atoms with Crippen molar-refractivity contribution in [2.75, 3.05) is 39.4 Å². The van der Waals surface area contributed by atoms with E-state index in [9.17, 15) is 9.59 Å². The molecule has 3 aliphatic heterocycles. The number of carboxylic acid groups (broad SMARTS) is 1. The molecule has 7 nitrogen and oxygen atoms in total. The van der Waals surface area contributed by atoms with E-state index in [-0.39, 0.29) is 5.91 Å². The number of hydrogen-bond acceptors (Lipinski definition) is 5. The number of carbonyl (C=O) groups excluding carboxylic acids is 1. The number of ether oxygens (including phenoxy) is 2. The Morgan fingerprint density at radius 2 is 1.71 bits per heavy atom. The first-order chi connectivity index (χ1) is 10.1. The minimum absolute atomic E-state index is 0.0468. The summed E-state index contributed by atoms with van der Waals surface area (Å²) >= 11 is 0. The van der Waals surface area contributed by atoms with Crippen LogP contribution in [0, 0.1) is 0 Å². The third-order valence-electron chi connectivity index (χ3n) is 4.61. The highest BCUT2D eigenvalue weighted by Gasteiger charge is 2.39. The number of aliphatic carboxylic acids is 1. The van der Waals surface area contributed by atoms with E-state index in [4.69, 9.17) is 14.6 Å². The van der Waals surface area contributed by atoms with Gasteiger partial charge in [-0.2, -0.15) is 0 Å². The minimum atomic E-state index is -0.974. The molecule has 118 valence electrons. The fourth-order valence-electron chi connectivity index (χ4n) is 3.39. The molecule has 1 N–H and O–H groups in total. The van der Waals surface area contributed by atoms with Gasteiger partial charge in [0.1, 0.15) is 6.10 Å². The highest BCUT2D eigenvalue weighted by atomic mass is 16.5. The van der Waals surface area contributed by atoms with Crippen LogP contribution in [0.4, 0.5) is 0 Å². The van der Waals surface area contributed by atoms with E-state index in [1.165, 1.54) is 0 Å². The van der Waals surface area contributed by atoms with Crippen LogP contribution >= 0.6 is 0 Å². The van der Waals surface area contributed by atoms with Crippen molar-refractivity contribution < 1.29 is 24.2 Å². The average molecular weight is 298 g/mol. The maximum atomic E-state index is 12.4. The zero-order valence-electron chi connectivity index (χ0n) is 12.1. The Kier molecular flexibility index (Phi) is 4.42. The van der Waals surface area contributed by atoms with Crippen molar-refractivity contribution in [2.45, 2.75) is 37.5 Å². The smallest absolute Gasteiger partial charge is 0.332 e. The van der Waals surface area contributed by atoms with Gasteiger partial charge in [0.15, 0.2) is 6.10 Å². The van der Waals surface area contributed by atoms with E-state index in [0.717, 1.165) is 45.8 Å².